The monoisotopic (exact) mass is 262 g/mol. The predicted molar refractivity (Wildman–Crippen MR) is 83.2 cm³/mol. The first-order chi connectivity index (χ1) is 9.65. The molecule has 0 radical (unpaired) electrons. The summed E-state index contributed by atoms with van der Waals surface area (Å²) in [4.78, 5) is 0. The summed E-state index contributed by atoms with van der Waals surface area (Å²) < 4.78 is 1.87. The van der Waals surface area contributed by atoms with Crippen LogP contribution in [0.1, 0.15) is 16.7 Å². The van der Waals surface area contributed by atoms with Gasteiger partial charge in [-0.2, -0.15) is 5.10 Å². The maximum absolute atomic E-state index is 4.25. The van der Waals surface area contributed by atoms with Crippen molar-refractivity contribution in [3.8, 4) is 16.8 Å². The summed E-state index contributed by atoms with van der Waals surface area (Å²) in [5, 5.41) is 4.25. The Hall–Kier alpha value is -2.35. The average molecular weight is 262 g/mol. The lowest BCUT2D eigenvalue weighted by Gasteiger charge is -2.12. The lowest BCUT2D eigenvalue weighted by Crippen LogP contribution is -1.94. The Kier molecular flexibility index (Phi) is 3.15. The van der Waals surface area contributed by atoms with Crippen molar-refractivity contribution in [3.63, 3.8) is 0 Å². The van der Waals surface area contributed by atoms with Crippen LogP contribution in [0.15, 0.2) is 54.9 Å². The molecule has 100 valence electrons. The topological polar surface area (TPSA) is 17.8 Å². The number of nitrogens with zero attached hydrogens (tertiary/aromatic N) is 2. The van der Waals surface area contributed by atoms with Crippen LogP contribution >= 0.6 is 0 Å². The number of aryl methyl sites for hydroxylation is 3. The van der Waals surface area contributed by atoms with Crippen molar-refractivity contribution in [1.29, 1.82) is 0 Å². The molecule has 0 aliphatic rings. The van der Waals surface area contributed by atoms with Crippen molar-refractivity contribution >= 4 is 0 Å². The Morgan fingerprint density at radius 2 is 1.55 bits per heavy atom. The number of benzene rings is 2. The molecule has 20 heavy (non-hydrogen) atoms. The standard InChI is InChI=1S/C18H18N2/c1-13-11-14(2)18(15(3)12-13)16-5-7-17(8-6-16)20-10-4-9-19-20/h4-12H,1-3H3. The van der Waals surface area contributed by atoms with Gasteiger partial charge >= 0.3 is 0 Å². The van der Waals surface area contributed by atoms with Crippen LogP contribution in [0.25, 0.3) is 16.8 Å². The summed E-state index contributed by atoms with van der Waals surface area (Å²) in [6, 6.07) is 15.0. The second-order valence-corrected chi connectivity index (χ2v) is 5.27. The van der Waals surface area contributed by atoms with E-state index in [0.29, 0.717) is 0 Å². The first-order valence-electron chi connectivity index (χ1n) is 6.83. The van der Waals surface area contributed by atoms with Crippen molar-refractivity contribution < 1.29 is 0 Å². The fourth-order valence-electron chi connectivity index (χ4n) is 2.84. The van der Waals surface area contributed by atoms with Crippen LogP contribution in [0, 0.1) is 20.8 Å². The van der Waals surface area contributed by atoms with E-state index in [1.807, 2.05) is 16.9 Å². The van der Waals surface area contributed by atoms with Crippen LogP contribution in [0.3, 0.4) is 0 Å². The molecule has 0 spiro atoms. The van der Waals surface area contributed by atoms with Gasteiger partial charge in [-0.25, -0.2) is 4.68 Å². The van der Waals surface area contributed by atoms with E-state index in [1.165, 1.54) is 27.8 Å². The highest BCUT2D eigenvalue weighted by Gasteiger charge is 2.07. The molecular weight excluding hydrogens is 244 g/mol. The molecule has 1 heterocycles. The van der Waals surface area contributed by atoms with Gasteiger partial charge in [-0.05, 0) is 61.2 Å². The van der Waals surface area contributed by atoms with E-state index < -0.39 is 0 Å². The Labute approximate surface area is 119 Å². The number of hydrogen-bond donors (Lipinski definition) is 0. The molecule has 0 saturated carbocycles. The minimum atomic E-state index is 1.08. The molecule has 3 rings (SSSR count). The Morgan fingerprint density at radius 3 is 2.10 bits per heavy atom. The summed E-state index contributed by atoms with van der Waals surface area (Å²) in [5.74, 6) is 0. The fourth-order valence-corrected chi connectivity index (χ4v) is 2.84. The van der Waals surface area contributed by atoms with E-state index in [2.05, 4.69) is 62.3 Å². The zero-order valence-corrected chi connectivity index (χ0v) is 12.1. The summed E-state index contributed by atoms with van der Waals surface area (Å²) in [6.07, 6.45) is 3.75. The lowest BCUT2D eigenvalue weighted by atomic mass is 9.94. The zero-order chi connectivity index (χ0) is 14.1. The lowest BCUT2D eigenvalue weighted by molar-refractivity contribution is 0.881. The molecule has 2 aromatic carbocycles. The van der Waals surface area contributed by atoms with Crippen molar-refractivity contribution in [2.45, 2.75) is 20.8 Å². The van der Waals surface area contributed by atoms with Crippen molar-refractivity contribution in [2.24, 2.45) is 0 Å². The first kappa shape index (κ1) is 12.7. The molecule has 0 N–H and O–H groups in total. The fraction of sp³-hybridized carbons (Fsp3) is 0.167. The molecule has 2 nitrogen and oxygen atoms in total. The highest BCUT2D eigenvalue weighted by molar-refractivity contribution is 5.72. The van der Waals surface area contributed by atoms with Crippen LogP contribution in [0.5, 0.6) is 0 Å². The highest BCUT2D eigenvalue weighted by atomic mass is 15.3. The van der Waals surface area contributed by atoms with Crippen LogP contribution in [0.4, 0.5) is 0 Å². The smallest absolute Gasteiger partial charge is 0.0645 e. The molecule has 0 aliphatic carbocycles. The maximum Gasteiger partial charge on any atom is 0.0645 e. The van der Waals surface area contributed by atoms with E-state index in [-0.39, 0.29) is 0 Å². The second kappa shape index (κ2) is 4.97. The SMILES string of the molecule is Cc1cc(C)c(-c2ccc(-n3cccn3)cc2)c(C)c1. The van der Waals surface area contributed by atoms with Gasteiger partial charge in [-0.15, -0.1) is 0 Å². The van der Waals surface area contributed by atoms with Gasteiger partial charge in [-0.3, -0.25) is 0 Å². The Bertz CT molecular complexity index is 700. The Balaban J connectivity index is 2.04. The number of rotatable bonds is 2. The molecule has 2 heteroatoms. The van der Waals surface area contributed by atoms with Gasteiger partial charge in [0.15, 0.2) is 0 Å². The van der Waals surface area contributed by atoms with Gasteiger partial charge in [0.2, 0.25) is 0 Å². The van der Waals surface area contributed by atoms with Crippen LogP contribution in [-0.2, 0) is 0 Å². The average Bonchev–Trinajstić information content (AvgIpc) is 2.92. The van der Waals surface area contributed by atoms with Gasteiger partial charge < -0.3 is 0 Å². The largest absolute Gasteiger partial charge is 0.241 e. The van der Waals surface area contributed by atoms with Gasteiger partial charge in [0, 0.05) is 12.4 Å². The van der Waals surface area contributed by atoms with Crippen molar-refractivity contribution in [3.05, 3.63) is 71.5 Å². The van der Waals surface area contributed by atoms with Crippen molar-refractivity contribution in [1.82, 2.24) is 9.78 Å². The first-order valence-corrected chi connectivity index (χ1v) is 6.83. The maximum atomic E-state index is 4.25. The second-order valence-electron chi connectivity index (χ2n) is 5.27. The molecule has 0 fully saturated rings. The summed E-state index contributed by atoms with van der Waals surface area (Å²) >= 11 is 0. The molecule has 0 bridgehead atoms. The molecule has 0 amide bonds. The van der Waals surface area contributed by atoms with Crippen LogP contribution in [0.2, 0.25) is 0 Å². The van der Waals surface area contributed by atoms with E-state index in [4.69, 9.17) is 0 Å². The quantitative estimate of drug-likeness (QED) is 0.666. The molecule has 0 saturated heterocycles. The normalized spacial score (nSPS) is 10.8. The summed E-state index contributed by atoms with van der Waals surface area (Å²) in [7, 11) is 0. The van der Waals surface area contributed by atoms with Gasteiger partial charge in [0.05, 0.1) is 5.69 Å². The van der Waals surface area contributed by atoms with Crippen molar-refractivity contribution in [2.75, 3.05) is 0 Å². The van der Waals surface area contributed by atoms with Gasteiger partial charge in [0.1, 0.15) is 0 Å². The molecule has 0 aliphatic heterocycles. The summed E-state index contributed by atoms with van der Waals surface area (Å²) in [6.45, 7) is 6.50. The minimum absolute atomic E-state index is 1.08. The van der Waals surface area contributed by atoms with E-state index >= 15 is 0 Å². The zero-order valence-electron chi connectivity index (χ0n) is 12.1. The molecule has 0 atom stereocenters. The number of aromatic nitrogens is 2. The Morgan fingerprint density at radius 1 is 0.900 bits per heavy atom. The molecule has 0 unspecified atom stereocenters. The number of hydrogen-bond acceptors (Lipinski definition) is 1. The molecule has 3 aromatic rings. The minimum Gasteiger partial charge on any atom is -0.241 e. The van der Waals surface area contributed by atoms with E-state index in [0.717, 1.165) is 5.69 Å². The van der Waals surface area contributed by atoms with Gasteiger partial charge in [0.25, 0.3) is 0 Å². The third kappa shape index (κ3) is 2.25. The van der Waals surface area contributed by atoms with Crippen LogP contribution < -0.4 is 0 Å². The summed E-state index contributed by atoms with van der Waals surface area (Å²) in [5.41, 5.74) is 7.65. The van der Waals surface area contributed by atoms with Crippen LogP contribution in [-0.4, -0.2) is 9.78 Å². The van der Waals surface area contributed by atoms with E-state index in [9.17, 15) is 0 Å². The van der Waals surface area contributed by atoms with Gasteiger partial charge in [-0.1, -0.05) is 29.8 Å². The third-order valence-electron chi connectivity index (χ3n) is 3.60. The third-order valence-corrected chi connectivity index (χ3v) is 3.60. The van der Waals surface area contributed by atoms with E-state index in [1.54, 1.807) is 6.20 Å². The molecule has 1 aromatic heterocycles. The predicted octanol–water partition coefficient (Wildman–Crippen LogP) is 4.46. The highest BCUT2D eigenvalue weighted by Crippen LogP contribution is 2.28. The molecular formula is C18H18N2.